The number of anilines is 1. The molecule has 0 bridgehead atoms. The number of nitrogens with one attached hydrogen (secondary N) is 1. The molecule has 3 aromatic rings. The van der Waals surface area contributed by atoms with Gasteiger partial charge in [-0.1, -0.05) is 0 Å². The molecule has 0 amide bonds. The number of aryl methyl sites for hydroxylation is 2. The highest BCUT2D eigenvalue weighted by molar-refractivity contribution is 9.10. The number of halogens is 1. The number of hydrogen-bond acceptors (Lipinski definition) is 4. The fourth-order valence-electron chi connectivity index (χ4n) is 1.95. The van der Waals surface area contributed by atoms with Crippen LogP contribution >= 0.6 is 27.3 Å². The van der Waals surface area contributed by atoms with Crippen molar-refractivity contribution in [2.75, 3.05) is 5.32 Å². The van der Waals surface area contributed by atoms with Crippen molar-refractivity contribution >= 4 is 44.1 Å². The third-order valence-electron chi connectivity index (χ3n) is 2.87. The van der Waals surface area contributed by atoms with Gasteiger partial charge in [0.25, 0.3) is 0 Å². The van der Waals surface area contributed by atoms with Crippen molar-refractivity contribution in [3.63, 3.8) is 0 Å². The van der Waals surface area contributed by atoms with Gasteiger partial charge in [0.15, 0.2) is 11.5 Å². The van der Waals surface area contributed by atoms with E-state index in [0.29, 0.717) is 5.89 Å². The lowest BCUT2D eigenvalue weighted by atomic mass is 10.3. The van der Waals surface area contributed by atoms with E-state index < -0.39 is 0 Å². The van der Waals surface area contributed by atoms with Gasteiger partial charge in [-0.15, -0.1) is 11.3 Å². The van der Waals surface area contributed by atoms with E-state index in [1.807, 2.05) is 25.1 Å². The van der Waals surface area contributed by atoms with E-state index >= 15 is 0 Å². The number of fused-ring (bicyclic) bond motifs is 1. The van der Waals surface area contributed by atoms with Gasteiger partial charge in [0.2, 0.25) is 0 Å². The molecule has 3 rings (SSSR count). The second-order valence-corrected chi connectivity index (χ2v) is 6.58. The van der Waals surface area contributed by atoms with Gasteiger partial charge in [-0.05, 0) is 47.1 Å². The van der Waals surface area contributed by atoms with Crippen molar-refractivity contribution in [3.05, 3.63) is 44.4 Å². The molecule has 98 valence electrons. The average Bonchev–Trinajstić information content (AvgIpc) is 2.88. The molecule has 0 atom stereocenters. The maximum Gasteiger partial charge on any atom is 0.192 e. The first-order valence-corrected chi connectivity index (χ1v) is 7.58. The molecule has 2 heterocycles. The first-order chi connectivity index (χ1) is 9.11. The molecular formula is C14H13BrN2OS. The lowest BCUT2D eigenvalue weighted by molar-refractivity contribution is 0.561. The van der Waals surface area contributed by atoms with Crippen LogP contribution in [0.25, 0.3) is 11.1 Å². The predicted molar refractivity (Wildman–Crippen MR) is 82.8 cm³/mol. The van der Waals surface area contributed by atoms with Crippen molar-refractivity contribution < 1.29 is 4.42 Å². The van der Waals surface area contributed by atoms with E-state index in [9.17, 15) is 0 Å². The molecule has 0 saturated heterocycles. The van der Waals surface area contributed by atoms with Crippen molar-refractivity contribution in [3.8, 4) is 0 Å². The monoisotopic (exact) mass is 336 g/mol. The topological polar surface area (TPSA) is 38.1 Å². The second-order valence-electron chi connectivity index (χ2n) is 4.39. The van der Waals surface area contributed by atoms with Crippen molar-refractivity contribution in [1.29, 1.82) is 0 Å². The Hall–Kier alpha value is -1.33. The third kappa shape index (κ3) is 2.67. The van der Waals surface area contributed by atoms with Crippen LogP contribution in [0.4, 0.5) is 5.69 Å². The molecule has 0 aliphatic rings. The maximum absolute atomic E-state index is 5.46. The van der Waals surface area contributed by atoms with E-state index in [4.69, 9.17) is 4.42 Å². The number of nitrogens with zero attached hydrogens (tertiary/aromatic N) is 1. The van der Waals surface area contributed by atoms with Crippen LogP contribution in [0.5, 0.6) is 0 Å². The molecule has 1 aromatic carbocycles. The standard InChI is InChI=1S/C14H13BrN2OS/c1-8-12(15)6-11(19-8)7-16-10-3-4-14-13(5-10)17-9(2)18-14/h3-6,16H,7H2,1-2H3. The van der Waals surface area contributed by atoms with Gasteiger partial charge in [0, 0.05) is 33.4 Å². The number of hydrogen-bond donors (Lipinski definition) is 1. The van der Waals surface area contributed by atoms with Crippen LogP contribution in [0.2, 0.25) is 0 Å². The molecule has 0 radical (unpaired) electrons. The Kier molecular flexibility index (Phi) is 3.33. The van der Waals surface area contributed by atoms with Gasteiger partial charge >= 0.3 is 0 Å². The minimum atomic E-state index is 0.699. The summed E-state index contributed by atoms with van der Waals surface area (Å²) in [5, 5.41) is 3.41. The van der Waals surface area contributed by atoms with E-state index in [2.05, 4.69) is 39.2 Å². The van der Waals surface area contributed by atoms with Gasteiger partial charge in [-0.25, -0.2) is 4.98 Å². The SMILES string of the molecule is Cc1nc2cc(NCc3cc(Br)c(C)s3)ccc2o1. The zero-order valence-corrected chi connectivity index (χ0v) is 13.1. The summed E-state index contributed by atoms with van der Waals surface area (Å²) in [7, 11) is 0. The number of thiophene rings is 1. The molecule has 0 unspecified atom stereocenters. The minimum Gasteiger partial charge on any atom is -0.441 e. The summed E-state index contributed by atoms with van der Waals surface area (Å²) in [6, 6.07) is 8.14. The largest absolute Gasteiger partial charge is 0.441 e. The Morgan fingerprint density at radius 3 is 2.89 bits per heavy atom. The molecule has 0 spiro atoms. The normalized spacial score (nSPS) is 11.1. The van der Waals surface area contributed by atoms with E-state index in [0.717, 1.165) is 23.3 Å². The molecule has 5 heteroatoms. The van der Waals surface area contributed by atoms with E-state index in [1.165, 1.54) is 14.2 Å². The van der Waals surface area contributed by atoms with Crippen LogP contribution in [0, 0.1) is 13.8 Å². The Morgan fingerprint density at radius 2 is 2.16 bits per heavy atom. The van der Waals surface area contributed by atoms with Crippen LogP contribution in [0.15, 0.2) is 33.2 Å². The first kappa shape index (κ1) is 12.7. The summed E-state index contributed by atoms with van der Waals surface area (Å²) < 4.78 is 6.64. The summed E-state index contributed by atoms with van der Waals surface area (Å²) in [6.07, 6.45) is 0. The molecule has 0 saturated carbocycles. The summed E-state index contributed by atoms with van der Waals surface area (Å²) in [4.78, 5) is 6.95. The van der Waals surface area contributed by atoms with Crippen LogP contribution in [0.3, 0.4) is 0 Å². The molecule has 1 N–H and O–H groups in total. The maximum atomic E-state index is 5.46. The van der Waals surface area contributed by atoms with Crippen LogP contribution in [-0.2, 0) is 6.54 Å². The highest BCUT2D eigenvalue weighted by Gasteiger charge is 2.05. The van der Waals surface area contributed by atoms with Crippen LogP contribution in [0.1, 0.15) is 15.6 Å². The van der Waals surface area contributed by atoms with Crippen molar-refractivity contribution in [2.45, 2.75) is 20.4 Å². The van der Waals surface area contributed by atoms with Crippen molar-refractivity contribution in [1.82, 2.24) is 4.98 Å². The van der Waals surface area contributed by atoms with Crippen LogP contribution in [-0.4, -0.2) is 4.98 Å². The summed E-state index contributed by atoms with van der Waals surface area (Å²) in [5.74, 6) is 0.699. The lowest BCUT2D eigenvalue weighted by Gasteiger charge is -2.03. The Labute approximate surface area is 123 Å². The third-order valence-corrected chi connectivity index (χ3v) is 5.01. The minimum absolute atomic E-state index is 0.699. The van der Waals surface area contributed by atoms with Gasteiger partial charge in [-0.2, -0.15) is 0 Å². The highest BCUT2D eigenvalue weighted by atomic mass is 79.9. The van der Waals surface area contributed by atoms with Gasteiger partial charge < -0.3 is 9.73 Å². The summed E-state index contributed by atoms with van der Waals surface area (Å²) in [5.41, 5.74) is 2.78. The van der Waals surface area contributed by atoms with Gasteiger partial charge in [0.05, 0.1) is 0 Å². The zero-order chi connectivity index (χ0) is 13.4. The smallest absolute Gasteiger partial charge is 0.192 e. The Bertz CT molecular complexity index is 713. The van der Waals surface area contributed by atoms with E-state index in [-0.39, 0.29) is 0 Å². The number of benzene rings is 1. The molecule has 19 heavy (non-hydrogen) atoms. The fourth-order valence-corrected chi connectivity index (χ4v) is 3.49. The quantitative estimate of drug-likeness (QED) is 0.740. The Balaban J connectivity index is 1.77. The predicted octanol–water partition coefficient (Wildman–Crippen LogP) is 4.88. The molecule has 3 nitrogen and oxygen atoms in total. The summed E-state index contributed by atoms with van der Waals surface area (Å²) >= 11 is 5.34. The lowest BCUT2D eigenvalue weighted by Crippen LogP contribution is -1.96. The highest BCUT2D eigenvalue weighted by Crippen LogP contribution is 2.27. The molecule has 0 fully saturated rings. The first-order valence-electron chi connectivity index (χ1n) is 5.98. The number of aromatic nitrogens is 1. The fraction of sp³-hybridized carbons (Fsp3) is 0.214. The molecule has 2 aromatic heterocycles. The van der Waals surface area contributed by atoms with E-state index in [1.54, 1.807) is 11.3 Å². The zero-order valence-electron chi connectivity index (χ0n) is 10.7. The van der Waals surface area contributed by atoms with Gasteiger partial charge in [-0.3, -0.25) is 0 Å². The number of oxazole rings is 1. The average molecular weight is 337 g/mol. The summed E-state index contributed by atoms with van der Waals surface area (Å²) in [6.45, 7) is 4.79. The molecule has 0 aliphatic carbocycles. The molecular weight excluding hydrogens is 324 g/mol. The Morgan fingerprint density at radius 1 is 1.32 bits per heavy atom. The molecule has 0 aliphatic heterocycles. The van der Waals surface area contributed by atoms with Gasteiger partial charge in [0.1, 0.15) is 5.52 Å². The van der Waals surface area contributed by atoms with Crippen LogP contribution < -0.4 is 5.32 Å². The van der Waals surface area contributed by atoms with Crippen molar-refractivity contribution in [2.24, 2.45) is 0 Å². The second kappa shape index (κ2) is 4.98. The number of rotatable bonds is 3.